The van der Waals surface area contributed by atoms with Crippen molar-refractivity contribution in [1.82, 2.24) is 0 Å². The van der Waals surface area contributed by atoms with Crippen LogP contribution in [-0.2, 0) is 0 Å². The highest BCUT2D eigenvalue weighted by atomic mass is 35.5. The number of nitrogens with one attached hydrogen (secondary N) is 1. The first-order valence-electron chi connectivity index (χ1n) is 5.61. The van der Waals surface area contributed by atoms with Gasteiger partial charge in [0.05, 0.1) is 16.8 Å². The van der Waals surface area contributed by atoms with Gasteiger partial charge in [-0.2, -0.15) is 10.2 Å². The van der Waals surface area contributed by atoms with E-state index in [-0.39, 0.29) is 11.5 Å². The number of carbonyl (C=O) groups excluding carboxylic acids is 1. The van der Waals surface area contributed by atoms with Crippen LogP contribution < -0.4 is 11.3 Å². The number of anilines is 1. The SMILES string of the molecule is N/N=C/C(=N\Nc1ccc(Cl)cc1)C(=O)c1cccs1. The van der Waals surface area contributed by atoms with Gasteiger partial charge in [0.2, 0.25) is 5.78 Å². The van der Waals surface area contributed by atoms with Gasteiger partial charge in [-0.25, -0.2) is 0 Å². The third-order valence-corrected chi connectivity index (χ3v) is 3.44. The van der Waals surface area contributed by atoms with Gasteiger partial charge in [0.15, 0.2) is 5.71 Å². The first kappa shape index (κ1) is 14.2. The van der Waals surface area contributed by atoms with Crippen LogP contribution in [0.25, 0.3) is 0 Å². The Kier molecular flexibility index (Phi) is 4.86. The quantitative estimate of drug-likeness (QED) is 0.386. The van der Waals surface area contributed by atoms with Gasteiger partial charge in [0.25, 0.3) is 0 Å². The first-order chi connectivity index (χ1) is 9.70. The monoisotopic (exact) mass is 306 g/mol. The molecule has 0 atom stereocenters. The molecule has 0 spiro atoms. The second-order valence-corrected chi connectivity index (χ2v) is 5.08. The van der Waals surface area contributed by atoms with Gasteiger partial charge in [-0.15, -0.1) is 11.3 Å². The van der Waals surface area contributed by atoms with Crippen LogP contribution in [0.5, 0.6) is 0 Å². The maximum atomic E-state index is 12.1. The van der Waals surface area contributed by atoms with Gasteiger partial charge in [-0.3, -0.25) is 10.2 Å². The predicted molar refractivity (Wildman–Crippen MR) is 83.8 cm³/mol. The van der Waals surface area contributed by atoms with E-state index in [4.69, 9.17) is 17.4 Å². The molecule has 0 bridgehead atoms. The summed E-state index contributed by atoms with van der Waals surface area (Å²) in [6, 6.07) is 10.4. The molecule has 0 saturated carbocycles. The lowest BCUT2D eigenvalue weighted by molar-refractivity contribution is 0.107. The number of ketones is 1. The molecule has 3 N–H and O–H groups in total. The van der Waals surface area contributed by atoms with Gasteiger partial charge >= 0.3 is 0 Å². The van der Waals surface area contributed by atoms with Crippen LogP contribution in [0.2, 0.25) is 5.02 Å². The molecule has 0 saturated heterocycles. The molecule has 0 fully saturated rings. The Morgan fingerprint density at radius 1 is 1.30 bits per heavy atom. The number of nitrogens with two attached hydrogens (primary N) is 1. The topological polar surface area (TPSA) is 79.8 Å². The van der Waals surface area contributed by atoms with Gasteiger partial charge in [0.1, 0.15) is 0 Å². The molecule has 0 unspecified atom stereocenters. The van der Waals surface area contributed by atoms with E-state index in [0.717, 1.165) is 0 Å². The number of Topliss-reactive ketones (excluding diaryl/α,β-unsaturated/α-hetero) is 1. The number of thiophene rings is 1. The fourth-order valence-corrected chi connectivity index (χ4v) is 2.19. The van der Waals surface area contributed by atoms with Crippen LogP contribution >= 0.6 is 22.9 Å². The Balaban J connectivity index is 2.18. The number of rotatable bonds is 5. The molecule has 102 valence electrons. The first-order valence-corrected chi connectivity index (χ1v) is 6.87. The van der Waals surface area contributed by atoms with E-state index < -0.39 is 0 Å². The number of hydrazone groups is 2. The molecule has 1 heterocycles. The molecular formula is C13H11ClN4OS. The maximum absolute atomic E-state index is 12.1. The lowest BCUT2D eigenvalue weighted by atomic mass is 10.2. The summed E-state index contributed by atoms with van der Waals surface area (Å²) in [6.45, 7) is 0. The Morgan fingerprint density at radius 3 is 2.65 bits per heavy atom. The molecular weight excluding hydrogens is 296 g/mol. The lowest BCUT2D eigenvalue weighted by Crippen LogP contribution is -2.17. The molecule has 5 nitrogen and oxygen atoms in total. The number of nitrogens with zero attached hydrogens (tertiary/aromatic N) is 2. The summed E-state index contributed by atoms with van der Waals surface area (Å²) < 4.78 is 0. The zero-order chi connectivity index (χ0) is 14.4. The summed E-state index contributed by atoms with van der Waals surface area (Å²) in [6.07, 6.45) is 1.21. The van der Waals surface area contributed by atoms with E-state index in [2.05, 4.69) is 15.6 Å². The van der Waals surface area contributed by atoms with Gasteiger partial charge in [-0.05, 0) is 35.7 Å². The molecule has 0 aliphatic rings. The standard InChI is InChI=1S/C13H11ClN4OS/c14-9-3-5-10(6-4-9)17-18-11(8-16-15)13(19)12-2-1-7-20-12/h1-8,17H,15H2/b16-8+,18-11+. The minimum Gasteiger partial charge on any atom is -0.323 e. The number of carbonyl (C=O) groups is 1. The summed E-state index contributed by atoms with van der Waals surface area (Å²) in [7, 11) is 0. The molecule has 7 heteroatoms. The average molecular weight is 307 g/mol. The van der Waals surface area contributed by atoms with E-state index in [1.54, 1.807) is 36.4 Å². The van der Waals surface area contributed by atoms with Crippen molar-refractivity contribution >= 4 is 46.3 Å². The second kappa shape index (κ2) is 6.83. The summed E-state index contributed by atoms with van der Waals surface area (Å²) in [5, 5.41) is 9.82. The van der Waals surface area contributed by atoms with E-state index in [0.29, 0.717) is 15.6 Å². The highest BCUT2D eigenvalue weighted by Gasteiger charge is 2.13. The molecule has 1 aromatic heterocycles. The van der Waals surface area contributed by atoms with Crippen molar-refractivity contribution in [2.75, 3.05) is 5.43 Å². The number of benzene rings is 1. The number of hydrogen-bond acceptors (Lipinski definition) is 6. The van der Waals surface area contributed by atoms with Crippen LogP contribution in [0.3, 0.4) is 0 Å². The van der Waals surface area contributed by atoms with E-state index in [1.165, 1.54) is 17.6 Å². The summed E-state index contributed by atoms with van der Waals surface area (Å²) in [5.41, 5.74) is 3.60. The molecule has 1 aromatic carbocycles. The largest absolute Gasteiger partial charge is 0.323 e. The van der Waals surface area contributed by atoms with Crippen LogP contribution in [0.4, 0.5) is 5.69 Å². The van der Waals surface area contributed by atoms with Crippen molar-refractivity contribution in [1.29, 1.82) is 0 Å². The lowest BCUT2D eigenvalue weighted by Gasteiger charge is -2.02. The van der Waals surface area contributed by atoms with E-state index in [1.807, 2.05) is 5.38 Å². The third kappa shape index (κ3) is 3.66. The summed E-state index contributed by atoms with van der Waals surface area (Å²) in [5.74, 6) is 4.86. The van der Waals surface area contributed by atoms with Crippen LogP contribution in [-0.4, -0.2) is 17.7 Å². The van der Waals surface area contributed by atoms with E-state index >= 15 is 0 Å². The average Bonchev–Trinajstić information content (AvgIpc) is 2.98. The molecule has 0 aliphatic carbocycles. The molecule has 2 aromatic rings. The maximum Gasteiger partial charge on any atom is 0.224 e. The second-order valence-electron chi connectivity index (χ2n) is 3.70. The Labute approximate surface area is 124 Å². The zero-order valence-electron chi connectivity index (χ0n) is 10.3. The van der Waals surface area contributed by atoms with Crippen molar-refractivity contribution in [2.24, 2.45) is 16.0 Å². The van der Waals surface area contributed by atoms with Crippen molar-refractivity contribution in [2.45, 2.75) is 0 Å². The zero-order valence-corrected chi connectivity index (χ0v) is 11.9. The van der Waals surface area contributed by atoms with Crippen molar-refractivity contribution in [3.63, 3.8) is 0 Å². The molecule has 0 amide bonds. The Morgan fingerprint density at radius 2 is 2.05 bits per heavy atom. The Hall–Kier alpha value is -2.18. The summed E-state index contributed by atoms with van der Waals surface area (Å²) >= 11 is 7.12. The Bertz CT molecular complexity index is 635. The van der Waals surface area contributed by atoms with Crippen LogP contribution in [0.1, 0.15) is 9.67 Å². The highest BCUT2D eigenvalue weighted by molar-refractivity contribution is 7.13. The predicted octanol–water partition coefficient (Wildman–Crippen LogP) is 3.00. The molecule has 20 heavy (non-hydrogen) atoms. The highest BCUT2D eigenvalue weighted by Crippen LogP contribution is 2.14. The van der Waals surface area contributed by atoms with Crippen LogP contribution in [0.15, 0.2) is 52.0 Å². The van der Waals surface area contributed by atoms with Crippen LogP contribution in [0, 0.1) is 0 Å². The smallest absolute Gasteiger partial charge is 0.224 e. The fourth-order valence-electron chi connectivity index (χ4n) is 1.39. The van der Waals surface area contributed by atoms with Gasteiger partial charge in [0, 0.05) is 5.02 Å². The van der Waals surface area contributed by atoms with Gasteiger partial charge < -0.3 is 5.84 Å². The van der Waals surface area contributed by atoms with Crippen molar-refractivity contribution < 1.29 is 4.79 Å². The number of halogens is 1. The number of hydrogen-bond donors (Lipinski definition) is 2. The van der Waals surface area contributed by atoms with Crippen molar-refractivity contribution in [3.8, 4) is 0 Å². The van der Waals surface area contributed by atoms with E-state index in [9.17, 15) is 4.79 Å². The van der Waals surface area contributed by atoms with Gasteiger partial charge in [-0.1, -0.05) is 17.7 Å². The summed E-state index contributed by atoms with van der Waals surface area (Å²) in [4.78, 5) is 12.7. The minimum absolute atomic E-state index is 0.130. The normalized spacial score (nSPS) is 11.8. The molecule has 0 aliphatic heterocycles. The minimum atomic E-state index is -0.240. The molecule has 2 rings (SSSR count). The third-order valence-electron chi connectivity index (χ3n) is 2.32. The molecule has 0 radical (unpaired) electrons. The van der Waals surface area contributed by atoms with Crippen molar-refractivity contribution in [3.05, 3.63) is 51.7 Å². The fraction of sp³-hybridized carbons (Fsp3) is 0.